The van der Waals surface area contributed by atoms with Crippen LogP contribution >= 0.6 is 0 Å². The van der Waals surface area contributed by atoms with Gasteiger partial charge in [0.05, 0.1) is 0 Å². The number of aromatic nitrogens is 1. The minimum atomic E-state index is -3.41. The number of nitrogens with one attached hydrogen (secondary N) is 1. The largest absolute Gasteiger partial charge is 0.354 e. The minimum Gasteiger partial charge on any atom is -0.305 e. The molecule has 0 saturated heterocycles. The summed E-state index contributed by atoms with van der Waals surface area (Å²) in [6.45, 7) is 0.709. The van der Waals surface area contributed by atoms with Crippen LogP contribution in [0, 0.1) is 0 Å². The number of nitrogens with two attached hydrogens (primary N) is 1. The third kappa shape index (κ3) is 4.19. The number of carbonyl (C=O) groups excluding carboxylic acids is 1. The fourth-order valence-corrected chi connectivity index (χ4v) is 5.16. The Kier molecular flexibility index (Phi) is 5.42. The molecule has 154 valence electrons. The lowest BCUT2D eigenvalue weighted by Crippen LogP contribution is -2.20. The Labute approximate surface area is 172 Å². The lowest BCUT2D eigenvalue weighted by molar-refractivity contribution is 0.260. The molecule has 0 radical (unpaired) electrons. The van der Waals surface area contributed by atoms with Crippen LogP contribution in [0.2, 0.25) is 0 Å². The van der Waals surface area contributed by atoms with Crippen molar-refractivity contribution in [3.05, 3.63) is 52.2 Å². The third-order valence-corrected chi connectivity index (χ3v) is 6.80. The summed E-state index contributed by atoms with van der Waals surface area (Å²) in [5.41, 5.74) is 6.85. The molecule has 1 aromatic carbocycles. The van der Waals surface area contributed by atoms with Gasteiger partial charge in [-0.25, -0.2) is 19.1 Å². The highest BCUT2D eigenvalue weighted by Gasteiger charge is 2.25. The van der Waals surface area contributed by atoms with Crippen molar-refractivity contribution >= 4 is 21.6 Å². The number of carbonyl (C=O) groups is 1. The second-order valence-electron chi connectivity index (χ2n) is 8.07. The van der Waals surface area contributed by atoms with E-state index in [-0.39, 0.29) is 5.03 Å². The molecule has 0 spiro atoms. The summed E-state index contributed by atoms with van der Waals surface area (Å²) in [6, 6.07) is 5.00. The third-order valence-electron chi connectivity index (χ3n) is 5.52. The fourth-order valence-electron chi connectivity index (χ4n) is 4.31. The van der Waals surface area contributed by atoms with Gasteiger partial charge in [-0.05, 0) is 86.5 Å². The van der Waals surface area contributed by atoms with Crippen LogP contribution in [0.3, 0.4) is 0 Å². The monoisotopic (exact) mass is 413 g/mol. The molecule has 0 bridgehead atoms. The Morgan fingerprint density at radius 1 is 1.17 bits per heavy atom. The maximum absolute atomic E-state index is 12.9. The van der Waals surface area contributed by atoms with Gasteiger partial charge < -0.3 is 10.2 Å². The van der Waals surface area contributed by atoms with Gasteiger partial charge in [0.1, 0.15) is 0 Å². The van der Waals surface area contributed by atoms with Gasteiger partial charge in [-0.1, -0.05) is 12.1 Å². The second kappa shape index (κ2) is 7.85. The number of anilines is 1. The Morgan fingerprint density at radius 3 is 2.38 bits per heavy atom. The van der Waals surface area contributed by atoms with E-state index < -0.39 is 15.9 Å². The van der Waals surface area contributed by atoms with Crippen LogP contribution in [-0.2, 0) is 42.1 Å². The van der Waals surface area contributed by atoms with Crippen molar-refractivity contribution in [2.45, 2.75) is 50.1 Å². The second-order valence-corrected chi connectivity index (χ2v) is 9.80. The SMILES string of the molecule is CN(C)Cc1ccc([S@@](N)(=O)=NC(=O)Nc2c3c(cc4c2CCC4)CCC3)nc1. The highest BCUT2D eigenvalue weighted by Crippen LogP contribution is 2.38. The lowest BCUT2D eigenvalue weighted by Gasteiger charge is -2.15. The number of amides is 2. The van der Waals surface area contributed by atoms with E-state index in [9.17, 15) is 9.00 Å². The van der Waals surface area contributed by atoms with Crippen molar-refractivity contribution < 1.29 is 9.00 Å². The van der Waals surface area contributed by atoms with E-state index in [4.69, 9.17) is 5.14 Å². The van der Waals surface area contributed by atoms with Crippen molar-refractivity contribution in [3.8, 4) is 0 Å². The van der Waals surface area contributed by atoms with Gasteiger partial charge in [-0.2, -0.15) is 0 Å². The van der Waals surface area contributed by atoms with Crippen LogP contribution in [0.1, 0.15) is 40.7 Å². The molecule has 8 heteroatoms. The Balaban J connectivity index is 1.59. The van der Waals surface area contributed by atoms with Crippen LogP contribution in [0.15, 0.2) is 33.8 Å². The normalized spacial score (nSPS) is 17.0. The molecule has 2 amide bonds. The van der Waals surface area contributed by atoms with Crippen molar-refractivity contribution in [3.63, 3.8) is 0 Å². The molecule has 4 rings (SSSR count). The van der Waals surface area contributed by atoms with E-state index in [0.717, 1.165) is 49.8 Å². The van der Waals surface area contributed by atoms with Crippen LogP contribution in [0.5, 0.6) is 0 Å². The van der Waals surface area contributed by atoms with Crippen molar-refractivity contribution in [1.82, 2.24) is 9.88 Å². The van der Waals surface area contributed by atoms with Crippen LogP contribution in [0.25, 0.3) is 0 Å². The predicted octanol–water partition coefficient (Wildman–Crippen LogP) is 3.05. The fraction of sp³-hybridized carbons (Fsp3) is 0.429. The van der Waals surface area contributed by atoms with Crippen molar-refractivity contribution in [2.75, 3.05) is 19.4 Å². The van der Waals surface area contributed by atoms with Gasteiger partial charge in [0.2, 0.25) is 0 Å². The van der Waals surface area contributed by atoms with Crippen molar-refractivity contribution in [2.24, 2.45) is 9.50 Å². The van der Waals surface area contributed by atoms with Crippen molar-refractivity contribution in [1.29, 1.82) is 0 Å². The van der Waals surface area contributed by atoms with E-state index in [1.54, 1.807) is 18.3 Å². The Morgan fingerprint density at radius 2 is 1.83 bits per heavy atom. The van der Waals surface area contributed by atoms with Gasteiger partial charge in [0.25, 0.3) is 0 Å². The molecule has 1 atom stereocenters. The number of rotatable bonds is 4. The maximum Gasteiger partial charge on any atom is 0.354 e. The standard InChI is InChI=1S/C21H27N5O2S/c1-26(2)13-14-9-10-19(23-12-14)29(22,28)25-21(27)24-20-17-7-3-5-15(17)11-16-6-4-8-18(16)20/h9-12H,3-8,13H2,1-2H3,(H3,22,24,25,27,28)/t29-/m0/s1. The van der Waals surface area contributed by atoms with Gasteiger partial charge >= 0.3 is 6.03 Å². The van der Waals surface area contributed by atoms with E-state index in [1.165, 1.54) is 22.3 Å². The molecule has 0 fully saturated rings. The molecule has 7 nitrogen and oxygen atoms in total. The molecule has 0 aliphatic heterocycles. The van der Waals surface area contributed by atoms with Crippen LogP contribution in [-0.4, -0.2) is 34.2 Å². The molecule has 2 aliphatic rings. The highest BCUT2D eigenvalue weighted by molar-refractivity contribution is 7.91. The summed E-state index contributed by atoms with van der Waals surface area (Å²) in [5.74, 6) is 0. The number of pyridine rings is 1. The maximum atomic E-state index is 12.9. The predicted molar refractivity (Wildman–Crippen MR) is 114 cm³/mol. The molecule has 2 aliphatic carbocycles. The molecule has 1 heterocycles. The number of hydrogen-bond acceptors (Lipinski definition) is 4. The van der Waals surface area contributed by atoms with Gasteiger partial charge in [-0.15, -0.1) is 4.36 Å². The number of aryl methyl sites for hydroxylation is 2. The van der Waals surface area contributed by atoms with E-state index in [2.05, 4.69) is 20.7 Å². The molecule has 0 saturated carbocycles. The molecule has 0 unspecified atom stereocenters. The number of hydrogen-bond donors (Lipinski definition) is 2. The van der Waals surface area contributed by atoms with E-state index >= 15 is 0 Å². The molecule has 3 N–H and O–H groups in total. The quantitative estimate of drug-likeness (QED) is 0.804. The Hall–Kier alpha value is -2.29. The summed E-state index contributed by atoms with van der Waals surface area (Å²) in [5, 5.41) is 8.91. The zero-order valence-electron chi connectivity index (χ0n) is 16.9. The summed E-state index contributed by atoms with van der Waals surface area (Å²) in [4.78, 5) is 18.8. The first-order valence-corrected chi connectivity index (χ1v) is 11.5. The zero-order valence-corrected chi connectivity index (χ0v) is 17.7. The summed E-state index contributed by atoms with van der Waals surface area (Å²) in [7, 11) is 0.495. The highest BCUT2D eigenvalue weighted by atomic mass is 32.2. The van der Waals surface area contributed by atoms with E-state index in [1.807, 2.05) is 19.0 Å². The number of nitrogens with zero attached hydrogens (tertiary/aromatic N) is 3. The molecular formula is C21H27N5O2S. The first-order chi connectivity index (χ1) is 13.8. The summed E-state index contributed by atoms with van der Waals surface area (Å²) < 4.78 is 16.7. The number of urea groups is 1. The molecular weight excluding hydrogens is 386 g/mol. The lowest BCUT2D eigenvalue weighted by atomic mass is 9.99. The molecule has 2 aromatic rings. The summed E-state index contributed by atoms with van der Waals surface area (Å²) >= 11 is 0. The molecule has 1 aromatic heterocycles. The van der Waals surface area contributed by atoms with Gasteiger partial charge in [0, 0.05) is 18.4 Å². The van der Waals surface area contributed by atoms with Gasteiger partial charge in [-0.3, -0.25) is 0 Å². The van der Waals surface area contributed by atoms with Crippen LogP contribution < -0.4 is 10.5 Å². The average molecular weight is 414 g/mol. The first kappa shape index (κ1) is 20.0. The van der Waals surface area contributed by atoms with Gasteiger partial charge in [0.15, 0.2) is 14.9 Å². The van der Waals surface area contributed by atoms with Crippen LogP contribution in [0.4, 0.5) is 10.5 Å². The minimum absolute atomic E-state index is 0.110. The average Bonchev–Trinajstić information content (AvgIpc) is 3.30. The number of fused-ring (bicyclic) bond motifs is 2. The number of benzene rings is 1. The smallest absolute Gasteiger partial charge is 0.305 e. The van der Waals surface area contributed by atoms with E-state index in [0.29, 0.717) is 6.54 Å². The molecule has 29 heavy (non-hydrogen) atoms. The first-order valence-electron chi connectivity index (χ1n) is 9.95. The zero-order chi connectivity index (χ0) is 20.6. The Bertz CT molecular complexity index is 1040. The topological polar surface area (TPSA) is 101 Å². The summed E-state index contributed by atoms with van der Waals surface area (Å²) in [6.07, 6.45) is 7.78.